The number of amides is 1. The van der Waals surface area contributed by atoms with Gasteiger partial charge < -0.3 is 14.4 Å². The van der Waals surface area contributed by atoms with E-state index in [1.807, 2.05) is 0 Å². The van der Waals surface area contributed by atoms with Gasteiger partial charge in [-0.2, -0.15) is 0 Å². The first-order valence-electron chi connectivity index (χ1n) is 5.95. The molecule has 18 heavy (non-hydrogen) atoms. The molecule has 2 aliphatic rings. The minimum Gasteiger partial charge on any atom is -0.454 e. The topological polar surface area (TPSA) is 55.8 Å². The van der Waals surface area contributed by atoms with Crippen molar-refractivity contribution in [3.8, 4) is 11.5 Å². The summed E-state index contributed by atoms with van der Waals surface area (Å²) in [5.41, 5.74) is 0.555. The molecule has 0 atom stereocenters. The maximum atomic E-state index is 12.1. The molecule has 0 spiro atoms. The van der Waals surface area contributed by atoms with Crippen LogP contribution in [0.25, 0.3) is 0 Å². The molecule has 0 N–H and O–H groups in total. The zero-order valence-electron chi connectivity index (χ0n) is 9.85. The average molecular weight is 247 g/mol. The van der Waals surface area contributed by atoms with Crippen LogP contribution in [0.1, 0.15) is 23.2 Å². The molecular weight excluding hydrogens is 234 g/mol. The van der Waals surface area contributed by atoms with E-state index in [9.17, 15) is 9.59 Å². The van der Waals surface area contributed by atoms with E-state index in [-0.39, 0.29) is 25.0 Å². The monoisotopic (exact) mass is 247 g/mol. The minimum atomic E-state index is -0.0662. The van der Waals surface area contributed by atoms with Crippen LogP contribution in [0.4, 0.5) is 0 Å². The van der Waals surface area contributed by atoms with Crippen molar-refractivity contribution in [3.63, 3.8) is 0 Å². The molecule has 5 heteroatoms. The van der Waals surface area contributed by atoms with Gasteiger partial charge in [0.2, 0.25) is 12.7 Å². The first-order valence-corrected chi connectivity index (χ1v) is 5.95. The second-order valence-electron chi connectivity index (χ2n) is 4.41. The Balaban J connectivity index is 1.74. The van der Waals surface area contributed by atoms with Crippen LogP contribution in [-0.4, -0.2) is 36.5 Å². The first kappa shape index (κ1) is 11.1. The molecule has 0 aromatic heterocycles. The van der Waals surface area contributed by atoms with Gasteiger partial charge in [-0.05, 0) is 24.6 Å². The predicted octanol–water partition coefficient (Wildman–Crippen LogP) is 1.22. The van der Waals surface area contributed by atoms with E-state index in [2.05, 4.69) is 0 Å². The van der Waals surface area contributed by atoms with Gasteiger partial charge in [-0.1, -0.05) is 0 Å². The van der Waals surface area contributed by atoms with Crippen LogP contribution in [0.15, 0.2) is 18.2 Å². The van der Waals surface area contributed by atoms with Crippen molar-refractivity contribution in [2.24, 2.45) is 0 Å². The third-order valence-corrected chi connectivity index (χ3v) is 3.20. The lowest BCUT2D eigenvalue weighted by Gasteiger charge is -2.14. The molecule has 1 amide bonds. The number of ether oxygens (including phenoxy) is 2. The van der Waals surface area contributed by atoms with E-state index in [0.717, 1.165) is 6.42 Å². The third kappa shape index (κ3) is 1.92. The molecule has 1 aromatic carbocycles. The van der Waals surface area contributed by atoms with Gasteiger partial charge in [0.15, 0.2) is 17.3 Å². The molecule has 2 heterocycles. The van der Waals surface area contributed by atoms with Crippen LogP contribution >= 0.6 is 0 Å². The highest BCUT2D eigenvalue weighted by Crippen LogP contribution is 2.32. The third-order valence-electron chi connectivity index (χ3n) is 3.20. The number of hydrogen-bond donors (Lipinski definition) is 0. The van der Waals surface area contributed by atoms with E-state index < -0.39 is 0 Å². The summed E-state index contributed by atoms with van der Waals surface area (Å²) in [5.74, 6) is 1.24. The van der Waals surface area contributed by atoms with E-state index in [1.165, 1.54) is 0 Å². The fraction of sp³-hybridized carbons (Fsp3) is 0.385. The highest BCUT2D eigenvalue weighted by Gasteiger charge is 2.24. The lowest BCUT2D eigenvalue weighted by atomic mass is 10.1. The van der Waals surface area contributed by atoms with Gasteiger partial charge >= 0.3 is 0 Å². The fourth-order valence-electron chi connectivity index (χ4n) is 2.21. The molecular formula is C13H13NO4. The van der Waals surface area contributed by atoms with Crippen molar-refractivity contribution < 1.29 is 19.1 Å². The van der Waals surface area contributed by atoms with Crippen LogP contribution < -0.4 is 9.47 Å². The summed E-state index contributed by atoms with van der Waals surface area (Å²) in [7, 11) is 0. The molecule has 0 radical (unpaired) electrons. The summed E-state index contributed by atoms with van der Waals surface area (Å²) < 4.78 is 10.4. The van der Waals surface area contributed by atoms with Crippen molar-refractivity contribution in [1.29, 1.82) is 0 Å². The van der Waals surface area contributed by atoms with Crippen molar-refractivity contribution in [2.45, 2.75) is 12.8 Å². The molecule has 5 nitrogen and oxygen atoms in total. The molecule has 3 rings (SSSR count). The van der Waals surface area contributed by atoms with E-state index >= 15 is 0 Å². The number of benzene rings is 1. The predicted molar refractivity (Wildman–Crippen MR) is 62.7 cm³/mol. The molecule has 1 saturated heterocycles. The van der Waals surface area contributed by atoms with Crippen LogP contribution in [0.3, 0.4) is 0 Å². The summed E-state index contributed by atoms with van der Waals surface area (Å²) in [6.45, 7) is 1.02. The van der Waals surface area contributed by atoms with Crippen molar-refractivity contribution in [3.05, 3.63) is 23.8 Å². The zero-order valence-corrected chi connectivity index (χ0v) is 9.85. The molecule has 0 unspecified atom stereocenters. The number of rotatable bonds is 3. The van der Waals surface area contributed by atoms with Crippen molar-refractivity contribution >= 4 is 11.7 Å². The van der Waals surface area contributed by atoms with Gasteiger partial charge in [-0.25, -0.2) is 0 Å². The SMILES string of the molecule is O=C(CN1CCCC1=O)c1ccc2c(c1)OCO2. The maximum absolute atomic E-state index is 12.1. The Morgan fingerprint density at radius 2 is 2.11 bits per heavy atom. The Morgan fingerprint density at radius 1 is 1.28 bits per heavy atom. The summed E-state index contributed by atoms with van der Waals surface area (Å²) >= 11 is 0. The van der Waals surface area contributed by atoms with Crippen LogP contribution in [0.2, 0.25) is 0 Å². The summed E-state index contributed by atoms with van der Waals surface area (Å²) in [5, 5.41) is 0. The number of ketones is 1. The van der Waals surface area contributed by atoms with Gasteiger partial charge in [-0.15, -0.1) is 0 Å². The normalized spacial score (nSPS) is 17.3. The van der Waals surface area contributed by atoms with Gasteiger partial charge in [0.1, 0.15) is 0 Å². The van der Waals surface area contributed by atoms with E-state index in [1.54, 1.807) is 23.1 Å². The Bertz CT molecular complexity index is 512. The van der Waals surface area contributed by atoms with Gasteiger partial charge in [0.25, 0.3) is 0 Å². The van der Waals surface area contributed by atoms with Gasteiger partial charge in [-0.3, -0.25) is 9.59 Å². The van der Waals surface area contributed by atoms with E-state index in [0.29, 0.717) is 30.0 Å². The Hall–Kier alpha value is -2.04. The second-order valence-corrected chi connectivity index (χ2v) is 4.41. The number of fused-ring (bicyclic) bond motifs is 1. The molecule has 0 aliphatic carbocycles. The zero-order chi connectivity index (χ0) is 12.5. The summed E-state index contributed by atoms with van der Waals surface area (Å²) in [6.07, 6.45) is 1.39. The van der Waals surface area contributed by atoms with Gasteiger partial charge in [0, 0.05) is 18.5 Å². The number of carbonyl (C=O) groups excluding carboxylic acids is 2. The van der Waals surface area contributed by atoms with Crippen LogP contribution in [0.5, 0.6) is 11.5 Å². The smallest absolute Gasteiger partial charge is 0.231 e. The number of nitrogens with zero attached hydrogens (tertiary/aromatic N) is 1. The quantitative estimate of drug-likeness (QED) is 0.754. The first-order chi connectivity index (χ1) is 8.74. The maximum Gasteiger partial charge on any atom is 0.231 e. The minimum absolute atomic E-state index is 0.0593. The fourth-order valence-corrected chi connectivity index (χ4v) is 2.21. The molecule has 94 valence electrons. The lowest BCUT2D eigenvalue weighted by molar-refractivity contribution is -0.127. The molecule has 1 fully saturated rings. The summed E-state index contributed by atoms with van der Waals surface area (Å²) in [4.78, 5) is 25.1. The Kier molecular flexibility index (Phi) is 2.66. The van der Waals surface area contributed by atoms with Crippen LogP contribution in [0, 0.1) is 0 Å². The Labute approximate surface area is 104 Å². The molecule has 0 saturated carbocycles. The average Bonchev–Trinajstić information content (AvgIpc) is 2.98. The molecule has 1 aromatic rings. The number of likely N-dealkylation sites (tertiary alicyclic amines) is 1. The standard InChI is InChI=1S/C13H13NO4/c15-10(7-14-5-1-2-13(14)16)9-3-4-11-12(6-9)18-8-17-11/h3-4,6H,1-2,5,7-8H2. The van der Waals surface area contributed by atoms with Crippen molar-refractivity contribution in [1.82, 2.24) is 4.90 Å². The lowest BCUT2D eigenvalue weighted by Crippen LogP contribution is -2.30. The van der Waals surface area contributed by atoms with Gasteiger partial charge in [0.05, 0.1) is 6.54 Å². The summed E-state index contributed by atoms with van der Waals surface area (Å²) in [6, 6.07) is 5.10. The van der Waals surface area contributed by atoms with Crippen molar-refractivity contribution in [2.75, 3.05) is 19.9 Å². The highest BCUT2D eigenvalue weighted by molar-refractivity contribution is 6.00. The number of Topliss-reactive ketones (excluding diaryl/α,β-unsaturated/α-hetero) is 1. The van der Waals surface area contributed by atoms with Crippen LogP contribution in [-0.2, 0) is 4.79 Å². The number of hydrogen-bond acceptors (Lipinski definition) is 4. The molecule has 2 aliphatic heterocycles. The largest absolute Gasteiger partial charge is 0.454 e. The Morgan fingerprint density at radius 3 is 2.89 bits per heavy atom. The second kappa shape index (κ2) is 4.33. The highest BCUT2D eigenvalue weighted by atomic mass is 16.7. The molecule has 0 bridgehead atoms. The number of carbonyl (C=O) groups is 2. The van der Waals surface area contributed by atoms with E-state index in [4.69, 9.17) is 9.47 Å².